The molecule has 0 aliphatic carbocycles. The fourth-order valence-electron chi connectivity index (χ4n) is 1.55. The van der Waals surface area contributed by atoms with E-state index in [9.17, 15) is 4.79 Å². The number of hydrogen-bond acceptors (Lipinski definition) is 3. The van der Waals surface area contributed by atoms with Gasteiger partial charge in [0, 0.05) is 11.8 Å². The molecular weight excluding hydrogens is 216 g/mol. The molecule has 0 saturated heterocycles. The number of rotatable bonds is 5. The normalized spacial score (nSPS) is 12.3. The first-order valence-corrected chi connectivity index (χ1v) is 5.73. The second kappa shape index (κ2) is 6.25. The number of amides is 1. The predicted octanol–water partition coefficient (Wildman–Crippen LogP) is 2.01. The van der Waals surface area contributed by atoms with Crippen LogP contribution in [0.2, 0.25) is 0 Å². The van der Waals surface area contributed by atoms with E-state index < -0.39 is 6.04 Å². The van der Waals surface area contributed by atoms with E-state index in [4.69, 9.17) is 10.5 Å². The van der Waals surface area contributed by atoms with Crippen molar-refractivity contribution in [2.45, 2.75) is 26.3 Å². The molecule has 0 aliphatic rings. The minimum atomic E-state index is -0.471. The highest BCUT2D eigenvalue weighted by Gasteiger charge is 2.14. The molecule has 1 rings (SSSR count). The fraction of sp³-hybridized carbons (Fsp3) is 0.462. The van der Waals surface area contributed by atoms with Crippen LogP contribution in [0.25, 0.3) is 0 Å². The number of ether oxygens (including phenoxy) is 1. The minimum absolute atomic E-state index is 0.160. The summed E-state index contributed by atoms with van der Waals surface area (Å²) in [6.07, 6.45) is 0.676. The quantitative estimate of drug-likeness (QED) is 0.822. The van der Waals surface area contributed by atoms with Gasteiger partial charge in [0.05, 0.1) is 13.2 Å². The second-order valence-electron chi connectivity index (χ2n) is 4.46. The highest BCUT2D eigenvalue weighted by atomic mass is 16.5. The lowest BCUT2D eigenvalue weighted by Gasteiger charge is -2.14. The molecule has 94 valence electrons. The molecule has 0 saturated carbocycles. The lowest BCUT2D eigenvalue weighted by atomic mass is 10.0. The van der Waals surface area contributed by atoms with Crippen LogP contribution in [0.15, 0.2) is 24.3 Å². The maximum absolute atomic E-state index is 11.8. The molecule has 0 fully saturated rings. The highest BCUT2D eigenvalue weighted by Crippen LogP contribution is 2.17. The maximum Gasteiger partial charge on any atom is 0.241 e. The molecule has 4 nitrogen and oxygen atoms in total. The van der Waals surface area contributed by atoms with Crippen molar-refractivity contribution in [2.24, 2.45) is 11.7 Å². The molecule has 0 bridgehead atoms. The summed E-state index contributed by atoms with van der Waals surface area (Å²) < 4.78 is 5.08. The fourth-order valence-corrected chi connectivity index (χ4v) is 1.55. The first-order chi connectivity index (χ1) is 8.02. The van der Waals surface area contributed by atoms with Crippen molar-refractivity contribution in [1.82, 2.24) is 0 Å². The zero-order valence-electron chi connectivity index (χ0n) is 10.6. The van der Waals surface area contributed by atoms with Crippen LogP contribution in [0.3, 0.4) is 0 Å². The van der Waals surface area contributed by atoms with E-state index >= 15 is 0 Å². The molecule has 3 N–H and O–H groups in total. The zero-order chi connectivity index (χ0) is 12.8. The Morgan fingerprint density at radius 1 is 1.47 bits per heavy atom. The van der Waals surface area contributed by atoms with Crippen molar-refractivity contribution in [3.8, 4) is 5.75 Å². The minimum Gasteiger partial charge on any atom is -0.497 e. The molecule has 0 unspecified atom stereocenters. The number of methoxy groups -OCH3 is 1. The van der Waals surface area contributed by atoms with Crippen LogP contribution in [0.1, 0.15) is 20.3 Å². The van der Waals surface area contributed by atoms with Gasteiger partial charge in [-0.05, 0) is 24.5 Å². The van der Waals surface area contributed by atoms with Gasteiger partial charge in [0.2, 0.25) is 5.91 Å². The Morgan fingerprint density at radius 2 is 2.18 bits per heavy atom. The Hall–Kier alpha value is -1.55. The first kappa shape index (κ1) is 13.5. The molecule has 0 spiro atoms. The largest absolute Gasteiger partial charge is 0.497 e. The van der Waals surface area contributed by atoms with Gasteiger partial charge in [-0.25, -0.2) is 0 Å². The third kappa shape index (κ3) is 4.44. The van der Waals surface area contributed by atoms with Crippen LogP contribution in [0.4, 0.5) is 5.69 Å². The van der Waals surface area contributed by atoms with Crippen LogP contribution in [0, 0.1) is 5.92 Å². The first-order valence-electron chi connectivity index (χ1n) is 5.73. The molecule has 0 radical (unpaired) electrons. The maximum atomic E-state index is 11.8. The lowest BCUT2D eigenvalue weighted by molar-refractivity contribution is -0.117. The van der Waals surface area contributed by atoms with Crippen LogP contribution >= 0.6 is 0 Å². The smallest absolute Gasteiger partial charge is 0.241 e. The molecule has 1 amide bonds. The summed E-state index contributed by atoms with van der Waals surface area (Å²) in [7, 11) is 1.59. The molecule has 1 atom stereocenters. The van der Waals surface area contributed by atoms with E-state index in [2.05, 4.69) is 5.32 Å². The third-order valence-electron chi connectivity index (χ3n) is 2.40. The van der Waals surface area contributed by atoms with Crippen molar-refractivity contribution in [3.05, 3.63) is 24.3 Å². The summed E-state index contributed by atoms with van der Waals surface area (Å²) >= 11 is 0. The standard InChI is InChI=1S/C13H20N2O2/c1-9(2)7-12(14)13(16)15-10-5-4-6-11(8-10)17-3/h4-6,8-9,12H,7,14H2,1-3H3,(H,15,16)/t12-/m1/s1. The Morgan fingerprint density at radius 3 is 2.76 bits per heavy atom. The van der Waals surface area contributed by atoms with E-state index in [0.29, 0.717) is 23.8 Å². The zero-order valence-corrected chi connectivity index (χ0v) is 10.6. The molecule has 0 aromatic heterocycles. The van der Waals surface area contributed by atoms with E-state index in [1.54, 1.807) is 13.2 Å². The lowest BCUT2D eigenvalue weighted by Crippen LogP contribution is -2.36. The van der Waals surface area contributed by atoms with Gasteiger partial charge in [0.25, 0.3) is 0 Å². The number of anilines is 1. The summed E-state index contributed by atoms with van der Waals surface area (Å²) in [6.45, 7) is 4.08. The summed E-state index contributed by atoms with van der Waals surface area (Å²) in [6, 6.07) is 6.75. The molecule has 4 heteroatoms. The van der Waals surface area contributed by atoms with Crippen molar-refractivity contribution >= 4 is 11.6 Å². The van der Waals surface area contributed by atoms with Crippen molar-refractivity contribution in [3.63, 3.8) is 0 Å². The van der Waals surface area contributed by atoms with Gasteiger partial charge >= 0.3 is 0 Å². The highest BCUT2D eigenvalue weighted by molar-refractivity contribution is 5.94. The molecular formula is C13H20N2O2. The van der Waals surface area contributed by atoms with E-state index in [1.807, 2.05) is 32.0 Å². The monoisotopic (exact) mass is 236 g/mol. The van der Waals surface area contributed by atoms with Gasteiger partial charge in [-0.2, -0.15) is 0 Å². The molecule has 17 heavy (non-hydrogen) atoms. The Bertz CT molecular complexity index is 377. The molecule has 1 aromatic rings. The number of nitrogens with two attached hydrogens (primary N) is 1. The summed E-state index contributed by atoms with van der Waals surface area (Å²) in [4.78, 5) is 11.8. The van der Waals surface area contributed by atoms with Gasteiger partial charge in [-0.1, -0.05) is 19.9 Å². The van der Waals surface area contributed by atoms with Gasteiger partial charge < -0.3 is 15.8 Å². The Balaban J connectivity index is 2.61. The summed E-state index contributed by atoms with van der Waals surface area (Å²) in [5.41, 5.74) is 6.50. The topological polar surface area (TPSA) is 64.3 Å². The van der Waals surface area contributed by atoms with Gasteiger partial charge in [0.15, 0.2) is 0 Å². The van der Waals surface area contributed by atoms with E-state index in [1.165, 1.54) is 0 Å². The second-order valence-corrected chi connectivity index (χ2v) is 4.46. The molecule has 0 aliphatic heterocycles. The summed E-state index contributed by atoms with van der Waals surface area (Å²) in [5, 5.41) is 2.78. The molecule has 1 aromatic carbocycles. The average Bonchev–Trinajstić information content (AvgIpc) is 2.28. The number of carbonyl (C=O) groups is 1. The van der Waals surface area contributed by atoms with Crippen LogP contribution in [0.5, 0.6) is 5.75 Å². The predicted molar refractivity (Wildman–Crippen MR) is 69.1 cm³/mol. The third-order valence-corrected chi connectivity index (χ3v) is 2.40. The van der Waals surface area contributed by atoms with E-state index in [0.717, 1.165) is 0 Å². The molecule has 0 heterocycles. The number of hydrogen-bond donors (Lipinski definition) is 2. The average molecular weight is 236 g/mol. The van der Waals surface area contributed by atoms with Gasteiger partial charge in [0.1, 0.15) is 5.75 Å². The van der Waals surface area contributed by atoms with Crippen LogP contribution in [-0.4, -0.2) is 19.1 Å². The number of nitrogens with one attached hydrogen (secondary N) is 1. The van der Waals surface area contributed by atoms with Crippen LogP contribution < -0.4 is 15.8 Å². The van der Waals surface area contributed by atoms with Gasteiger partial charge in [-0.15, -0.1) is 0 Å². The Labute approximate surface area is 102 Å². The Kier molecular flexibility index (Phi) is 4.97. The number of carbonyl (C=O) groups excluding carboxylic acids is 1. The van der Waals surface area contributed by atoms with E-state index in [-0.39, 0.29) is 5.91 Å². The van der Waals surface area contributed by atoms with Crippen molar-refractivity contribution < 1.29 is 9.53 Å². The van der Waals surface area contributed by atoms with Crippen LogP contribution in [-0.2, 0) is 4.79 Å². The SMILES string of the molecule is COc1cccc(NC(=O)[C@H](N)CC(C)C)c1. The van der Waals surface area contributed by atoms with Crippen molar-refractivity contribution in [1.29, 1.82) is 0 Å². The number of benzene rings is 1. The van der Waals surface area contributed by atoms with Gasteiger partial charge in [-0.3, -0.25) is 4.79 Å². The summed E-state index contributed by atoms with van der Waals surface area (Å²) in [5.74, 6) is 0.952. The van der Waals surface area contributed by atoms with Crippen molar-refractivity contribution in [2.75, 3.05) is 12.4 Å².